The molecule has 3 amide bonds. The molecule has 0 bridgehead atoms. The molecule has 302 valence electrons. The normalized spacial score (nSPS) is 13.3. The van der Waals surface area contributed by atoms with Gasteiger partial charge >= 0.3 is 18.0 Å². The number of carboxylic acids is 2. The molecular weight excluding hydrogens is 734 g/mol. The molecule has 1 aliphatic heterocycles. The first-order valence-electron chi connectivity index (χ1n) is 18.0. The zero-order chi connectivity index (χ0) is 42.2. The number of urea groups is 1. The molecular formula is C40H49N9O8. The Labute approximate surface area is 330 Å². The van der Waals surface area contributed by atoms with E-state index in [0.717, 1.165) is 54.6 Å². The van der Waals surface area contributed by atoms with Gasteiger partial charge in [-0.15, -0.1) is 0 Å². The van der Waals surface area contributed by atoms with E-state index >= 15 is 0 Å². The number of nitrogens with two attached hydrogens (primary N) is 1. The van der Waals surface area contributed by atoms with Crippen LogP contribution in [0.3, 0.4) is 0 Å². The molecule has 0 unspecified atom stereocenters. The van der Waals surface area contributed by atoms with Crippen molar-refractivity contribution in [3.8, 4) is 11.1 Å². The molecule has 57 heavy (non-hydrogen) atoms. The van der Waals surface area contributed by atoms with E-state index in [0.29, 0.717) is 41.7 Å². The van der Waals surface area contributed by atoms with Crippen LogP contribution in [0.25, 0.3) is 16.6 Å². The largest absolute Gasteiger partial charge is 0.478 e. The van der Waals surface area contributed by atoms with Gasteiger partial charge in [-0.05, 0) is 82.7 Å². The standard InChI is InChI=1S/C32H37N9O3.C4H4O4.C4H8O/c1-21(2)40(32(44)39(4)28-7-5-6-14-34-28)18-24(19-42)31(43)37-25-10-8-22(9-11-25)26-17-27(23-12-15-38(3)16-13-23)41-29(26)30(33)35-20-36-41;5-3(6)1-2-4(7)8;1-4(2)3-5/h5-11,14,17-21,23H,12-13,15-16H2,1-4H3,(H,37,43)(H2,33,35,36);1-2H,(H,5,6)(H,7,8);3-4H,1-2H3/b24-18+;2-1-;. The van der Waals surface area contributed by atoms with E-state index in [1.165, 1.54) is 22.3 Å². The lowest BCUT2D eigenvalue weighted by molar-refractivity contribution is -0.134. The van der Waals surface area contributed by atoms with Crippen molar-refractivity contribution in [2.75, 3.05) is 43.1 Å². The summed E-state index contributed by atoms with van der Waals surface area (Å²) in [5, 5.41) is 22.9. The molecule has 0 atom stereocenters. The second-order valence-electron chi connectivity index (χ2n) is 13.6. The number of aldehydes is 2. The fraction of sp³-hybridized carbons (Fsp3) is 0.325. The number of aliphatic carboxylic acids is 2. The molecule has 1 aliphatic rings. The molecule has 0 radical (unpaired) electrons. The summed E-state index contributed by atoms with van der Waals surface area (Å²) in [7, 11) is 3.72. The molecule has 1 fully saturated rings. The minimum Gasteiger partial charge on any atom is -0.478 e. The van der Waals surface area contributed by atoms with Crippen LogP contribution in [-0.2, 0) is 24.0 Å². The maximum atomic E-state index is 13.2. The number of carbonyl (C=O) groups excluding carboxylic acids is 4. The first kappa shape index (κ1) is 44.6. The van der Waals surface area contributed by atoms with Crippen molar-refractivity contribution in [2.24, 2.45) is 5.92 Å². The predicted molar refractivity (Wildman–Crippen MR) is 215 cm³/mol. The molecule has 1 aromatic carbocycles. The monoisotopic (exact) mass is 783 g/mol. The number of aromatic nitrogens is 4. The number of carbonyl (C=O) groups is 6. The van der Waals surface area contributed by atoms with Crippen LogP contribution in [0.4, 0.5) is 22.1 Å². The molecule has 17 nitrogen and oxygen atoms in total. The molecule has 17 heteroatoms. The predicted octanol–water partition coefficient (Wildman–Crippen LogP) is 4.72. The van der Waals surface area contributed by atoms with Crippen LogP contribution in [0.2, 0.25) is 0 Å². The molecule has 0 aliphatic carbocycles. The fourth-order valence-electron chi connectivity index (χ4n) is 5.53. The Bertz CT molecular complexity index is 2060. The minimum absolute atomic E-state index is 0.198. The number of piperidine rings is 1. The molecule has 1 saturated heterocycles. The van der Waals surface area contributed by atoms with E-state index in [9.17, 15) is 28.8 Å². The Morgan fingerprint density at radius 2 is 1.56 bits per heavy atom. The Kier molecular flexibility index (Phi) is 16.7. The van der Waals surface area contributed by atoms with Crippen molar-refractivity contribution in [1.82, 2.24) is 29.4 Å². The van der Waals surface area contributed by atoms with Gasteiger partial charge in [0.1, 0.15) is 23.9 Å². The third-order valence-corrected chi connectivity index (χ3v) is 8.57. The summed E-state index contributed by atoms with van der Waals surface area (Å²) in [6.07, 6.45) is 8.86. The van der Waals surface area contributed by atoms with Crippen LogP contribution >= 0.6 is 0 Å². The number of benzene rings is 1. The van der Waals surface area contributed by atoms with Crippen LogP contribution in [-0.4, -0.2) is 109 Å². The Balaban J connectivity index is 0.000000577. The van der Waals surface area contributed by atoms with Gasteiger partial charge in [-0.25, -0.2) is 28.9 Å². The van der Waals surface area contributed by atoms with E-state index in [2.05, 4.69) is 38.4 Å². The van der Waals surface area contributed by atoms with Gasteiger partial charge in [-0.3, -0.25) is 19.4 Å². The molecule has 0 spiro atoms. The van der Waals surface area contributed by atoms with Crippen molar-refractivity contribution in [3.05, 3.63) is 90.7 Å². The van der Waals surface area contributed by atoms with Crippen LogP contribution in [0, 0.1) is 5.92 Å². The number of carboxylic acid groups (broad SMARTS) is 2. The summed E-state index contributed by atoms with van der Waals surface area (Å²) in [4.78, 5) is 80.4. The number of nitrogens with zero attached hydrogens (tertiary/aromatic N) is 7. The number of nitrogen functional groups attached to an aromatic ring is 1. The lowest BCUT2D eigenvalue weighted by atomic mass is 9.93. The minimum atomic E-state index is -1.26. The van der Waals surface area contributed by atoms with E-state index in [1.54, 1.807) is 57.4 Å². The summed E-state index contributed by atoms with van der Waals surface area (Å²) in [6.45, 7) is 9.33. The van der Waals surface area contributed by atoms with Crippen LogP contribution in [0.15, 0.2) is 85.0 Å². The number of amides is 3. The number of hydrogen-bond acceptors (Lipinski definition) is 11. The summed E-state index contributed by atoms with van der Waals surface area (Å²) < 4.78 is 1.90. The fourth-order valence-corrected chi connectivity index (χ4v) is 5.53. The van der Waals surface area contributed by atoms with Crippen LogP contribution < -0.4 is 16.0 Å². The topological polar surface area (TPSA) is 234 Å². The number of rotatable bonds is 11. The Hall–Kier alpha value is -6.75. The van der Waals surface area contributed by atoms with Crippen molar-refractivity contribution in [3.63, 3.8) is 0 Å². The van der Waals surface area contributed by atoms with Gasteiger partial charge < -0.3 is 31.0 Å². The lowest BCUT2D eigenvalue weighted by Crippen LogP contribution is -2.42. The van der Waals surface area contributed by atoms with Gasteiger partial charge in [0.15, 0.2) is 12.1 Å². The van der Waals surface area contributed by atoms with E-state index in [-0.39, 0.29) is 17.5 Å². The average molecular weight is 784 g/mol. The SMILES string of the molecule is CC(C)C=O.CC(C)N(/C=C(\C=O)C(=O)Nc1ccc(-c2cc(C3CCN(C)CC3)n3ncnc(N)c23)cc1)C(=O)N(C)c1ccccn1.O=C(O)/C=C\C(=O)O. The number of anilines is 3. The summed E-state index contributed by atoms with van der Waals surface area (Å²) >= 11 is 0. The highest BCUT2D eigenvalue weighted by Gasteiger charge is 2.26. The number of hydrogen-bond donors (Lipinski definition) is 4. The zero-order valence-corrected chi connectivity index (χ0v) is 32.8. The first-order valence-corrected chi connectivity index (χ1v) is 18.0. The summed E-state index contributed by atoms with van der Waals surface area (Å²) in [5.41, 5.74) is 10.3. The van der Waals surface area contributed by atoms with E-state index < -0.39 is 23.9 Å². The molecule has 5 N–H and O–H groups in total. The molecule has 5 rings (SSSR count). The third kappa shape index (κ3) is 12.9. The number of nitrogens with one attached hydrogen (secondary N) is 1. The van der Waals surface area contributed by atoms with Crippen molar-refractivity contribution in [1.29, 1.82) is 0 Å². The smallest absolute Gasteiger partial charge is 0.329 e. The summed E-state index contributed by atoms with van der Waals surface area (Å²) in [6, 6.07) is 13.9. The van der Waals surface area contributed by atoms with Crippen LogP contribution in [0.5, 0.6) is 0 Å². The number of pyridine rings is 1. The van der Waals surface area contributed by atoms with Crippen molar-refractivity contribution in [2.45, 2.75) is 52.5 Å². The maximum absolute atomic E-state index is 13.2. The lowest BCUT2D eigenvalue weighted by Gasteiger charge is -2.28. The van der Waals surface area contributed by atoms with Crippen LogP contribution in [0.1, 0.15) is 52.1 Å². The van der Waals surface area contributed by atoms with Gasteiger partial charge in [-0.1, -0.05) is 32.0 Å². The van der Waals surface area contributed by atoms with Gasteiger partial charge in [-0.2, -0.15) is 5.10 Å². The molecule has 4 aromatic rings. The maximum Gasteiger partial charge on any atom is 0.329 e. The number of likely N-dealkylation sites (tertiary alicyclic amines) is 1. The zero-order valence-electron chi connectivity index (χ0n) is 32.8. The highest BCUT2D eigenvalue weighted by Crippen LogP contribution is 2.36. The quantitative estimate of drug-likeness (QED) is 0.0699. The third-order valence-electron chi connectivity index (χ3n) is 8.57. The molecule has 4 heterocycles. The first-order chi connectivity index (χ1) is 27.1. The highest BCUT2D eigenvalue weighted by molar-refractivity contribution is 6.16. The van der Waals surface area contributed by atoms with Gasteiger partial charge in [0.05, 0.1) is 5.57 Å². The van der Waals surface area contributed by atoms with Crippen molar-refractivity contribution >= 4 is 59.3 Å². The van der Waals surface area contributed by atoms with E-state index in [4.69, 9.17) is 15.9 Å². The Morgan fingerprint density at radius 3 is 2.07 bits per heavy atom. The van der Waals surface area contributed by atoms with Gasteiger partial charge in [0, 0.05) is 66.4 Å². The average Bonchev–Trinajstić information content (AvgIpc) is 3.59. The Morgan fingerprint density at radius 1 is 0.947 bits per heavy atom. The van der Waals surface area contributed by atoms with Gasteiger partial charge in [0.25, 0.3) is 5.91 Å². The highest BCUT2D eigenvalue weighted by atomic mass is 16.4. The second-order valence-corrected chi connectivity index (χ2v) is 13.6. The number of fused-ring (bicyclic) bond motifs is 1. The van der Waals surface area contributed by atoms with Crippen molar-refractivity contribution < 1.29 is 39.0 Å². The molecule has 3 aromatic heterocycles. The summed E-state index contributed by atoms with van der Waals surface area (Å²) in [5.74, 6) is -1.75. The second kappa shape index (κ2) is 21.4. The van der Waals surface area contributed by atoms with Gasteiger partial charge in [0.2, 0.25) is 0 Å². The van der Waals surface area contributed by atoms with E-state index in [1.807, 2.05) is 30.5 Å². The molecule has 0 saturated carbocycles.